The van der Waals surface area contributed by atoms with E-state index < -0.39 is 0 Å². The molecule has 2 N–H and O–H groups in total. The molecule has 15 heavy (non-hydrogen) atoms. The minimum atomic E-state index is -0.350. The lowest BCUT2D eigenvalue weighted by Gasteiger charge is -2.11. The molecule has 1 unspecified atom stereocenters. The molecule has 0 amide bonds. The first kappa shape index (κ1) is 12.7. The number of hydrogen-bond acceptors (Lipinski definition) is 3. The Kier molecular flexibility index (Phi) is 5.36. The number of aliphatic hydroxyl groups is 1. The highest BCUT2D eigenvalue weighted by molar-refractivity contribution is 9.10. The third kappa shape index (κ3) is 4.36. The van der Waals surface area contributed by atoms with Crippen molar-refractivity contribution in [3.8, 4) is 0 Å². The molecule has 0 aliphatic carbocycles. The fourth-order valence-corrected chi connectivity index (χ4v) is 1.89. The summed E-state index contributed by atoms with van der Waals surface area (Å²) in [5.41, 5.74) is 0. The fourth-order valence-electron chi connectivity index (χ4n) is 1.19. The molecule has 0 saturated carbocycles. The van der Waals surface area contributed by atoms with Crippen molar-refractivity contribution >= 4 is 33.3 Å². The molecule has 0 aromatic carbocycles. The summed E-state index contributed by atoms with van der Waals surface area (Å²) in [6, 6.07) is 1.77. The molecule has 0 spiro atoms. The second-order valence-electron chi connectivity index (χ2n) is 3.31. The van der Waals surface area contributed by atoms with Crippen LogP contribution >= 0.6 is 27.5 Å². The highest BCUT2D eigenvalue weighted by Gasteiger charge is 2.05. The zero-order valence-electron chi connectivity index (χ0n) is 8.50. The Morgan fingerprint density at radius 1 is 1.67 bits per heavy atom. The smallest absolute Gasteiger partial charge is 0.144 e. The number of hydrogen-bond donors (Lipinski definition) is 2. The monoisotopic (exact) mass is 292 g/mol. The van der Waals surface area contributed by atoms with Crippen molar-refractivity contribution in [2.24, 2.45) is 0 Å². The Morgan fingerprint density at radius 3 is 3.00 bits per heavy atom. The molecule has 0 fully saturated rings. The summed E-state index contributed by atoms with van der Waals surface area (Å²) in [6.07, 6.45) is 3.06. The summed E-state index contributed by atoms with van der Waals surface area (Å²) >= 11 is 9.23. The minimum Gasteiger partial charge on any atom is -0.391 e. The lowest BCUT2D eigenvalue weighted by atomic mass is 10.2. The van der Waals surface area contributed by atoms with Crippen LogP contribution in [-0.2, 0) is 0 Å². The van der Waals surface area contributed by atoms with Crippen LogP contribution in [-0.4, -0.2) is 22.7 Å². The van der Waals surface area contributed by atoms with E-state index in [-0.39, 0.29) is 6.10 Å². The van der Waals surface area contributed by atoms with Crippen molar-refractivity contribution in [1.29, 1.82) is 0 Å². The van der Waals surface area contributed by atoms with Crippen LogP contribution in [0.5, 0.6) is 0 Å². The van der Waals surface area contributed by atoms with Gasteiger partial charge in [0.05, 0.1) is 11.1 Å². The van der Waals surface area contributed by atoms with E-state index in [0.717, 1.165) is 17.3 Å². The molecule has 0 aliphatic heterocycles. The van der Waals surface area contributed by atoms with Crippen molar-refractivity contribution < 1.29 is 5.11 Å². The van der Waals surface area contributed by atoms with Gasteiger partial charge in [0, 0.05) is 17.2 Å². The van der Waals surface area contributed by atoms with Crippen LogP contribution in [0, 0.1) is 0 Å². The molecule has 1 rings (SSSR count). The number of nitrogens with zero attached hydrogens (tertiary/aromatic N) is 1. The van der Waals surface area contributed by atoms with Crippen LogP contribution in [0.3, 0.4) is 0 Å². The summed E-state index contributed by atoms with van der Waals surface area (Å²) in [4.78, 5) is 4.11. The van der Waals surface area contributed by atoms with Crippen LogP contribution < -0.4 is 5.32 Å². The lowest BCUT2D eigenvalue weighted by molar-refractivity contribution is 0.176. The van der Waals surface area contributed by atoms with Crippen molar-refractivity contribution in [2.75, 3.05) is 11.9 Å². The summed E-state index contributed by atoms with van der Waals surface area (Å²) < 4.78 is 0.840. The molecular weight excluding hydrogens is 279 g/mol. The van der Waals surface area contributed by atoms with E-state index >= 15 is 0 Å². The largest absolute Gasteiger partial charge is 0.391 e. The number of rotatable bonds is 5. The van der Waals surface area contributed by atoms with Gasteiger partial charge in [0.15, 0.2) is 0 Å². The zero-order valence-corrected chi connectivity index (χ0v) is 10.8. The Bertz CT molecular complexity index is 322. The number of aliphatic hydroxyl groups excluding tert-OH is 1. The fraction of sp³-hybridized carbons (Fsp3) is 0.500. The van der Waals surface area contributed by atoms with Crippen molar-refractivity contribution in [1.82, 2.24) is 4.98 Å². The van der Waals surface area contributed by atoms with Gasteiger partial charge in [-0.2, -0.15) is 0 Å². The van der Waals surface area contributed by atoms with Gasteiger partial charge in [-0.05, 0) is 28.4 Å². The van der Waals surface area contributed by atoms with Crippen LogP contribution in [0.15, 0.2) is 16.7 Å². The molecular formula is C10H14BrClN2O. The van der Waals surface area contributed by atoms with Gasteiger partial charge >= 0.3 is 0 Å². The summed E-state index contributed by atoms with van der Waals surface area (Å²) in [5.74, 6) is 0.606. The summed E-state index contributed by atoms with van der Waals surface area (Å²) in [7, 11) is 0. The average Bonchev–Trinajstić information content (AvgIpc) is 2.17. The molecule has 0 radical (unpaired) electrons. The minimum absolute atomic E-state index is 0.350. The molecule has 0 saturated heterocycles. The van der Waals surface area contributed by atoms with Crippen LogP contribution in [0.1, 0.15) is 19.8 Å². The Hall–Kier alpha value is -0.320. The maximum atomic E-state index is 9.51. The number of nitrogens with one attached hydrogen (secondary N) is 1. The van der Waals surface area contributed by atoms with E-state index in [1.54, 1.807) is 12.3 Å². The topological polar surface area (TPSA) is 45.1 Å². The third-order valence-corrected chi connectivity index (χ3v) is 2.66. The standard InChI is InChI=1S/C10H14BrClN2O/c1-2-3-8(15)6-14-10-9(12)4-7(11)5-13-10/h4-5,8,15H,2-3,6H2,1H3,(H,13,14). The number of anilines is 1. The molecule has 0 bridgehead atoms. The second-order valence-corrected chi connectivity index (χ2v) is 4.63. The van der Waals surface area contributed by atoms with E-state index in [2.05, 4.69) is 26.2 Å². The Balaban J connectivity index is 2.50. The van der Waals surface area contributed by atoms with Gasteiger partial charge in [0.25, 0.3) is 0 Å². The van der Waals surface area contributed by atoms with E-state index in [0.29, 0.717) is 17.4 Å². The van der Waals surface area contributed by atoms with Gasteiger partial charge in [0.2, 0.25) is 0 Å². The van der Waals surface area contributed by atoms with Gasteiger partial charge in [-0.1, -0.05) is 24.9 Å². The van der Waals surface area contributed by atoms with Gasteiger partial charge in [-0.15, -0.1) is 0 Å². The van der Waals surface area contributed by atoms with E-state index in [1.165, 1.54) is 0 Å². The molecule has 1 aromatic heterocycles. The predicted molar refractivity (Wildman–Crippen MR) is 66.4 cm³/mol. The number of aromatic nitrogens is 1. The molecule has 5 heteroatoms. The van der Waals surface area contributed by atoms with Gasteiger partial charge < -0.3 is 10.4 Å². The Morgan fingerprint density at radius 2 is 2.40 bits per heavy atom. The second kappa shape index (κ2) is 6.30. The highest BCUT2D eigenvalue weighted by Crippen LogP contribution is 2.22. The maximum Gasteiger partial charge on any atom is 0.144 e. The van der Waals surface area contributed by atoms with Gasteiger partial charge in [-0.25, -0.2) is 4.98 Å². The van der Waals surface area contributed by atoms with Crippen LogP contribution in [0.25, 0.3) is 0 Å². The molecule has 1 atom stereocenters. The summed E-state index contributed by atoms with van der Waals surface area (Å²) in [6.45, 7) is 2.51. The number of pyridine rings is 1. The van der Waals surface area contributed by atoms with Crippen LogP contribution in [0.4, 0.5) is 5.82 Å². The molecule has 3 nitrogen and oxygen atoms in total. The van der Waals surface area contributed by atoms with Crippen LogP contribution in [0.2, 0.25) is 5.02 Å². The SMILES string of the molecule is CCCC(O)CNc1ncc(Br)cc1Cl. The molecule has 0 aliphatic rings. The van der Waals surface area contributed by atoms with Gasteiger partial charge in [-0.3, -0.25) is 0 Å². The highest BCUT2D eigenvalue weighted by atomic mass is 79.9. The summed E-state index contributed by atoms with van der Waals surface area (Å²) in [5, 5.41) is 13.1. The molecule has 1 heterocycles. The zero-order chi connectivity index (χ0) is 11.3. The van der Waals surface area contributed by atoms with E-state index in [9.17, 15) is 5.11 Å². The van der Waals surface area contributed by atoms with Gasteiger partial charge in [0.1, 0.15) is 5.82 Å². The normalized spacial score (nSPS) is 12.5. The average molecular weight is 294 g/mol. The third-order valence-electron chi connectivity index (χ3n) is 1.93. The Labute approximate surface area is 103 Å². The lowest BCUT2D eigenvalue weighted by Crippen LogP contribution is -2.19. The quantitative estimate of drug-likeness (QED) is 0.877. The first-order valence-electron chi connectivity index (χ1n) is 4.86. The number of halogens is 2. The van der Waals surface area contributed by atoms with E-state index in [4.69, 9.17) is 11.6 Å². The first-order chi connectivity index (χ1) is 7.13. The van der Waals surface area contributed by atoms with E-state index in [1.807, 2.05) is 6.92 Å². The molecule has 84 valence electrons. The van der Waals surface area contributed by atoms with Crippen molar-refractivity contribution in [3.05, 3.63) is 21.8 Å². The first-order valence-corrected chi connectivity index (χ1v) is 6.03. The van der Waals surface area contributed by atoms with Crippen molar-refractivity contribution in [2.45, 2.75) is 25.9 Å². The maximum absolute atomic E-state index is 9.51. The molecule has 1 aromatic rings. The predicted octanol–water partition coefficient (Wildman–Crippen LogP) is 3.07. The van der Waals surface area contributed by atoms with Crippen molar-refractivity contribution in [3.63, 3.8) is 0 Å².